The van der Waals surface area contributed by atoms with Gasteiger partial charge in [0.25, 0.3) is 11.7 Å². The number of nitrogens with zero attached hydrogens (tertiary/aromatic N) is 3. The second kappa shape index (κ2) is 10.7. The Hall–Kier alpha value is -2.71. The molecule has 0 saturated carbocycles. The molecule has 172 valence electrons. The Morgan fingerprint density at radius 3 is 2.50 bits per heavy atom. The van der Waals surface area contributed by atoms with Crippen LogP contribution in [0.5, 0.6) is 0 Å². The Bertz CT molecular complexity index is 958. The Morgan fingerprint density at radius 1 is 0.969 bits per heavy atom. The molecule has 32 heavy (non-hydrogen) atoms. The number of carbonyl (C=O) groups excluding carboxylic acids is 3. The van der Waals surface area contributed by atoms with Crippen LogP contribution in [0.1, 0.15) is 36.0 Å². The number of rotatable bonds is 8. The van der Waals surface area contributed by atoms with Crippen LogP contribution in [0.3, 0.4) is 0 Å². The zero-order valence-electron chi connectivity index (χ0n) is 18.6. The zero-order valence-corrected chi connectivity index (χ0v) is 18.6. The number of amides is 2. The molecule has 8 heteroatoms. The lowest BCUT2D eigenvalue weighted by Crippen LogP contribution is -2.39. The van der Waals surface area contributed by atoms with E-state index in [1.807, 2.05) is 29.2 Å². The number of likely N-dealkylation sites (tertiary alicyclic amines) is 1. The van der Waals surface area contributed by atoms with E-state index in [0.29, 0.717) is 17.5 Å². The van der Waals surface area contributed by atoms with E-state index < -0.39 is 11.7 Å². The Labute approximate surface area is 188 Å². The first kappa shape index (κ1) is 22.5. The van der Waals surface area contributed by atoms with Crippen molar-refractivity contribution in [2.75, 3.05) is 52.5 Å². The summed E-state index contributed by atoms with van der Waals surface area (Å²) in [4.78, 5) is 42.4. The molecule has 2 aliphatic rings. The summed E-state index contributed by atoms with van der Waals surface area (Å²) in [6, 6.07) is 7.44. The van der Waals surface area contributed by atoms with Crippen LogP contribution in [0.4, 0.5) is 0 Å². The molecule has 0 unspecified atom stereocenters. The first-order chi connectivity index (χ1) is 15.6. The van der Waals surface area contributed by atoms with Gasteiger partial charge in [0.2, 0.25) is 5.91 Å². The number of ketones is 1. The van der Waals surface area contributed by atoms with Gasteiger partial charge < -0.3 is 19.5 Å². The van der Waals surface area contributed by atoms with E-state index in [2.05, 4.69) is 10.2 Å². The standard InChI is InChI=1S/C24H32N4O4/c29-22(27-11-4-1-5-12-27)18-28-17-20(19-7-2-3-8-21(19)28)23(30)24(31)25-9-6-10-26-13-15-32-16-14-26/h2-3,7-8,17H,1,4-6,9-16,18H2,(H,25,31). The number of hydrogen-bond acceptors (Lipinski definition) is 5. The van der Waals surface area contributed by atoms with Crippen molar-refractivity contribution in [2.45, 2.75) is 32.2 Å². The van der Waals surface area contributed by atoms with Crippen molar-refractivity contribution in [1.82, 2.24) is 19.7 Å². The molecule has 2 aromatic rings. The van der Waals surface area contributed by atoms with Gasteiger partial charge in [-0.25, -0.2) is 0 Å². The maximum atomic E-state index is 12.9. The van der Waals surface area contributed by atoms with Gasteiger partial charge >= 0.3 is 0 Å². The third-order valence-corrected chi connectivity index (χ3v) is 6.29. The Kier molecular flexibility index (Phi) is 7.55. The predicted octanol–water partition coefficient (Wildman–Crippen LogP) is 1.68. The van der Waals surface area contributed by atoms with Gasteiger partial charge in [-0.3, -0.25) is 19.3 Å². The lowest BCUT2D eigenvalue weighted by molar-refractivity contribution is -0.132. The third-order valence-electron chi connectivity index (χ3n) is 6.29. The molecule has 1 aromatic carbocycles. The largest absolute Gasteiger partial charge is 0.379 e. The maximum Gasteiger partial charge on any atom is 0.292 e. The van der Waals surface area contributed by atoms with Crippen molar-refractivity contribution >= 4 is 28.5 Å². The quantitative estimate of drug-likeness (QED) is 0.384. The summed E-state index contributed by atoms with van der Waals surface area (Å²) in [6.45, 7) is 6.38. The van der Waals surface area contributed by atoms with E-state index >= 15 is 0 Å². The molecule has 1 N–H and O–H groups in total. The number of Topliss-reactive ketones (excluding diaryl/α,β-unsaturated/α-hetero) is 1. The highest BCUT2D eigenvalue weighted by atomic mass is 16.5. The van der Waals surface area contributed by atoms with Crippen LogP contribution in [0.25, 0.3) is 10.9 Å². The van der Waals surface area contributed by atoms with Gasteiger partial charge in [-0.05, 0) is 38.3 Å². The van der Waals surface area contributed by atoms with E-state index in [4.69, 9.17) is 4.74 Å². The first-order valence-electron chi connectivity index (χ1n) is 11.6. The summed E-state index contributed by atoms with van der Waals surface area (Å²) in [7, 11) is 0. The summed E-state index contributed by atoms with van der Waals surface area (Å²) in [6.07, 6.45) is 5.67. The third kappa shape index (κ3) is 5.37. The normalized spacial score (nSPS) is 17.4. The second-order valence-electron chi connectivity index (χ2n) is 8.52. The molecule has 0 spiro atoms. The molecule has 2 saturated heterocycles. The van der Waals surface area contributed by atoms with Gasteiger partial charge in [0.05, 0.1) is 18.8 Å². The van der Waals surface area contributed by atoms with Gasteiger partial charge in [-0.15, -0.1) is 0 Å². The number of aromatic nitrogens is 1. The van der Waals surface area contributed by atoms with Crippen molar-refractivity contribution in [3.05, 3.63) is 36.0 Å². The van der Waals surface area contributed by atoms with Crippen molar-refractivity contribution in [3.8, 4) is 0 Å². The SMILES string of the molecule is O=C(NCCCN1CCOCC1)C(=O)c1cn(CC(=O)N2CCCCC2)c2ccccc12. The Morgan fingerprint density at radius 2 is 1.72 bits per heavy atom. The topological polar surface area (TPSA) is 83.9 Å². The highest BCUT2D eigenvalue weighted by Crippen LogP contribution is 2.22. The molecule has 8 nitrogen and oxygen atoms in total. The molecule has 0 bridgehead atoms. The van der Waals surface area contributed by atoms with Gasteiger partial charge in [-0.2, -0.15) is 0 Å². The van der Waals surface area contributed by atoms with Gasteiger partial charge in [0, 0.05) is 49.8 Å². The monoisotopic (exact) mass is 440 g/mol. The molecule has 0 atom stereocenters. The number of ether oxygens (including phenoxy) is 1. The highest BCUT2D eigenvalue weighted by Gasteiger charge is 2.23. The molecule has 0 radical (unpaired) electrons. The number of piperidine rings is 1. The fraction of sp³-hybridized carbons (Fsp3) is 0.542. The lowest BCUT2D eigenvalue weighted by Gasteiger charge is -2.27. The van der Waals surface area contributed by atoms with E-state index in [1.54, 1.807) is 10.8 Å². The number of para-hydroxylation sites is 1. The van der Waals surface area contributed by atoms with Crippen molar-refractivity contribution in [3.63, 3.8) is 0 Å². The predicted molar refractivity (Wildman–Crippen MR) is 122 cm³/mol. The minimum atomic E-state index is -0.600. The fourth-order valence-electron chi connectivity index (χ4n) is 4.48. The summed E-state index contributed by atoms with van der Waals surface area (Å²) in [5.41, 5.74) is 1.14. The molecular formula is C24H32N4O4. The number of nitrogens with one attached hydrogen (secondary N) is 1. The number of benzene rings is 1. The molecule has 3 heterocycles. The average Bonchev–Trinajstić information content (AvgIpc) is 3.20. The van der Waals surface area contributed by atoms with Crippen LogP contribution < -0.4 is 5.32 Å². The fourth-order valence-corrected chi connectivity index (χ4v) is 4.48. The second-order valence-corrected chi connectivity index (χ2v) is 8.52. The maximum absolute atomic E-state index is 12.9. The van der Waals surface area contributed by atoms with Crippen LogP contribution in [0.2, 0.25) is 0 Å². The summed E-state index contributed by atoms with van der Waals surface area (Å²) >= 11 is 0. The molecule has 4 rings (SSSR count). The van der Waals surface area contributed by atoms with Crippen LogP contribution in [-0.2, 0) is 20.9 Å². The van der Waals surface area contributed by atoms with Crippen LogP contribution in [0, 0.1) is 0 Å². The smallest absolute Gasteiger partial charge is 0.292 e. The van der Waals surface area contributed by atoms with Gasteiger partial charge in [-0.1, -0.05) is 18.2 Å². The first-order valence-corrected chi connectivity index (χ1v) is 11.6. The van der Waals surface area contributed by atoms with E-state index in [1.165, 1.54) is 0 Å². The van der Waals surface area contributed by atoms with Gasteiger partial charge in [0.1, 0.15) is 6.54 Å². The summed E-state index contributed by atoms with van der Waals surface area (Å²) < 4.78 is 7.14. The molecule has 0 aliphatic carbocycles. The molecule has 2 amide bonds. The number of carbonyl (C=O) groups is 3. The molecular weight excluding hydrogens is 408 g/mol. The lowest BCUT2D eigenvalue weighted by atomic mass is 10.1. The van der Waals surface area contributed by atoms with Crippen LogP contribution in [-0.4, -0.2) is 84.4 Å². The van der Waals surface area contributed by atoms with Crippen LogP contribution >= 0.6 is 0 Å². The van der Waals surface area contributed by atoms with E-state index in [0.717, 1.165) is 77.1 Å². The minimum Gasteiger partial charge on any atom is -0.379 e. The zero-order chi connectivity index (χ0) is 22.3. The Balaban J connectivity index is 1.38. The molecule has 1 aromatic heterocycles. The van der Waals surface area contributed by atoms with Crippen molar-refractivity contribution < 1.29 is 19.1 Å². The molecule has 2 aliphatic heterocycles. The van der Waals surface area contributed by atoms with E-state index in [9.17, 15) is 14.4 Å². The minimum absolute atomic E-state index is 0.0528. The highest BCUT2D eigenvalue weighted by molar-refractivity contribution is 6.45. The van der Waals surface area contributed by atoms with Crippen molar-refractivity contribution in [2.24, 2.45) is 0 Å². The van der Waals surface area contributed by atoms with E-state index in [-0.39, 0.29) is 12.5 Å². The summed E-state index contributed by atoms with van der Waals surface area (Å²) in [5, 5.41) is 3.46. The number of hydrogen-bond donors (Lipinski definition) is 1. The van der Waals surface area contributed by atoms with Crippen LogP contribution in [0.15, 0.2) is 30.5 Å². The average molecular weight is 441 g/mol. The molecule has 2 fully saturated rings. The van der Waals surface area contributed by atoms with Crippen molar-refractivity contribution in [1.29, 1.82) is 0 Å². The number of morpholine rings is 1. The summed E-state index contributed by atoms with van der Waals surface area (Å²) in [5.74, 6) is -1.11. The van der Waals surface area contributed by atoms with Gasteiger partial charge in [0.15, 0.2) is 0 Å². The number of fused-ring (bicyclic) bond motifs is 1.